The molecule has 0 aliphatic rings. The van der Waals surface area contributed by atoms with Crippen molar-refractivity contribution in [2.45, 2.75) is 13.3 Å². The molecule has 0 spiro atoms. The Balaban J connectivity index is 4.75. The molecule has 0 amide bonds. The van der Waals surface area contributed by atoms with Crippen LogP contribution < -0.4 is 0 Å². The fraction of sp³-hybridized carbons (Fsp3) is 0.824. The third-order valence-corrected chi connectivity index (χ3v) is 5.70. The Morgan fingerprint density at radius 3 is 1.79 bits per heavy atom. The highest BCUT2D eigenvalue weighted by molar-refractivity contribution is 8.00. The number of hydrogen-bond donors (Lipinski definition) is 2. The van der Waals surface area contributed by atoms with E-state index < -0.39 is 29.9 Å². The molecule has 0 bridgehead atoms. The van der Waals surface area contributed by atoms with E-state index >= 15 is 0 Å². The minimum Gasteiger partial charge on any atom is -0.464 e. The maximum atomic E-state index is 11.9. The molecular weight excluding hydrogens is 428 g/mol. The van der Waals surface area contributed by atoms with E-state index in [1.54, 1.807) is 6.26 Å². The van der Waals surface area contributed by atoms with Crippen LogP contribution in [0.5, 0.6) is 0 Å². The van der Waals surface area contributed by atoms with Crippen LogP contribution in [0.1, 0.15) is 13.3 Å². The summed E-state index contributed by atoms with van der Waals surface area (Å²) < 4.78 is 15.6. The van der Waals surface area contributed by atoms with Crippen molar-refractivity contribution in [2.24, 2.45) is 5.41 Å². The predicted molar refractivity (Wildman–Crippen MR) is 113 cm³/mol. The van der Waals surface area contributed by atoms with Crippen LogP contribution in [-0.4, -0.2) is 96.2 Å². The maximum absolute atomic E-state index is 11.9. The van der Waals surface area contributed by atoms with Gasteiger partial charge in [0, 0.05) is 6.61 Å². The summed E-state index contributed by atoms with van der Waals surface area (Å²) in [6.07, 6.45) is 2.33. The van der Waals surface area contributed by atoms with Gasteiger partial charge in [-0.25, -0.2) is 0 Å². The van der Waals surface area contributed by atoms with Crippen molar-refractivity contribution in [2.75, 3.05) is 68.1 Å². The largest absolute Gasteiger partial charge is 0.464 e. The Hall–Kier alpha value is -0.620. The minimum atomic E-state index is -1.22. The van der Waals surface area contributed by atoms with E-state index in [0.717, 1.165) is 5.75 Å². The van der Waals surface area contributed by atoms with Crippen molar-refractivity contribution in [3.05, 3.63) is 0 Å². The average Bonchev–Trinajstić information content (AvgIpc) is 2.69. The van der Waals surface area contributed by atoms with Gasteiger partial charge in [0.25, 0.3) is 0 Å². The van der Waals surface area contributed by atoms with Gasteiger partial charge in [0.2, 0.25) is 0 Å². The van der Waals surface area contributed by atoms with E-state index in [0.29, 0.717) is 12.2 Å². The Morgan fingerprint density at radius 2 is 1.36 bits per heavy atom. The first-order valence-electron chi connectivity index (χ1n) is 8.76. The van der Waals surface area contributed by atoms with Crippen molar-refractivity contribution in [1.29, 1.82) is 0 Å². The van der Waals surface area contributed by atoms with Gasteiger partial charge >= 0.3 is 17.9 Å². The van der Waals surface area contributed by atoms with Gasteiger partial charge < -0.3 is 24.4 Å². The molecule has 0 rings (SSSR count). The van der Waals surface area contributed by atoms with Crippen LogP contribution in [0.3, 0.4) is 0 Å². The quantitative estimate of drug-likeness (QED) is 0.183. The molecule has 0 radical (unpaired) electrons. The summed E-state index contributed by atoms with van der Waals surface area (Å²) in [6.45, 7) is 0.770. The summed E-state index contributed by atoms with van der Waals surface area (Å²) in [5, 5.41) is 18.6. The number of thioether (sulfide) groups is 3. The molecule has 0 aromatic carbocycles. The zero-order valence-electron chi connectivity index (χ0n) is 16.3. The number of ether oxygens (including phenoxy) is 3. The fourth-order valence-electron chi connectivity index (χ4n) is 1.71. The molecule has 1 unspecified atom stereocenters. The van der Waals surface area contributed by atoms with Gasteiger partial charge in [0.15, 0.2) is 0 Å². The number of aliphatic hydroxyl groups is 2. The summed E-state index contributed by atoms with van der Waals surface area (Å²) in [5.41, 5.74) is -1.22. The summed E-state index contributed by atoms with van der Waals surface area (Å²) in [4.78, 5) is 35.3. The monoisotopic (exact) mass is 458 g/mol. The van der Waals surface area contributed by atoms with E-state index in [4.69, 9.17) is 19.3 Å². The molecule has 11 heteroatoms. The SMILES string of the molecule is CCSCC(=O)OCC(CO)(COC(=O)CSC)COC(=O)CSCCCO. The van der Waals surface area contributed by atoms with Crippen LogP contribution >= 0.6 is 35.3 Å². The molecule has 0 aromatic rings. The van der Waals surface area contributed by atoms with E-state index in [9.17, 15) is 19.5 Å². The number of rotatable bonds is 17. The summed E-state index contributed by atoms with van der Waals surface area (Å²) in [6, 6.07) is 0. The molecular formula is C17H30O8S3. The third-order valence-electron chi connectivity index (χ3n) is 3.31. The summed E-state index contributed by atoms with van der Waals surface area (Å²) in [7, 11) is 0. The molecule has 28 heavy (non-hydrogen) atoms. The van der Waals surface area contributed by atoms with Crippen LogP contribution in [0.4, 0.5) is 0 Å². The zero-order valence-corrected chi connectivity index (χ0v) is 18.8. The number of carbonyl (C=O) groups excluding carboxylic acids is 3. The predicted octanol–water partition coefficient (Wildman–Crippen LogP) is 0.826. The molecule has 0 aliphatic carbocycles. The van der Waals surface area contributed by atoms with E-state index in [1.165, 1.54) is 35.3 Å². The van der Waals surface area contributed by atoms with Gasteiger partial charge in [-0.3, -0.25) is 14.4 Å². The standard InChI is InChI=1S/C17H30O8S3/c1-3-27-8-15(21)24-12-17(10-19,11-23-14(20)7-26-2)13-25-16(22)9-28-6-4-5-18/h18-19H,3-13H2,1-2H3. The van der Waals surface area contributed by atoms with Crippen molar-refractivity contribution < 1.29 is 38.8 Å². The normalized spacial score (nSPS) is 12.9. The Morgan fingerprint density at radius 1 is 0.857 bits per heavy atom. The second kappa shape index (κ2) is 17.3. The lowest BCUT2D eigenvalue weighted by atomic mass is 9.92. The van der Waals surface area contributed by atoms with Crippen molar-refractivity contribution in [1.82, 2.24) is 0 Å². The highest BCUT2D eigenvalue weighted by Crippen LogP contribution is 2.20. The van der Waals surface area contributed by atoms with Crippen molar-refractivity contribution in [3.63, 3.8) is 0 Å². The third kappa shape index (κ3) is 13.5. The molecule has 8 nitrogen and oxygen atoms in total. The molecule has 0 aromatic heterocycles. The molecule has 0 saturated heterocycles. The van der Waals surface area contributed by atoms with Gasteiger partial charge in [0.1, 0.15) is 19.8 Å². The number of aliphatic hydroxyl groups excluding tert-OH is 2. The lowest BCUT2D eigenvalue weighted by Gasteiger charge is -2.30. The molecule has 0 saturated carbocycles. The first-order chi connectivity index (χ1) is 13.4. The maximum Gasteiger partial charge on any atom is 0.315 e. The van der Waals surface area contributed by atoms with Gasteiger partial charge in [-0.1, -0.05) is 6.92 Å². The minimum absolute atomic E-state index is 0.0543. The Labute approximate surface area is 178 Å². The zero-order chi connectivity index (χ0) is 21.3. The van der Waals surface area contributed by atoms with Gasteiger partial charge in [-0.05, 0) is 24.2 Å². The topological polar surface area (TPSA) is 119 Å². The number of esters is 3. The second-order valence-corrected chi connectivity index (χ2v) is 9.09. The van der Waals surface area contributed by atoms with Gasteiger partial charge in [0.05, 0.1) is 29.3 Å². The molecule has 0 heterocycles. The van der Waals surface area contributed by atoms with Crippen LogP contribution in [-0.2, 0) is 28.6 Å². The average molecular weight is 459 g/mol. The molecule has 164 valence electrons. The van der Waals surface area contributed by atoms with Crippen molar-refractivity contribution >= 4 is 53.2 Å². The summed E-state index contributed by atoms with van der Waals surface area (Å²) in [5.74, 6) is 0.384. The van der Waals surface area contributed by atoms with Crippen LogP contribution in [0.25, 0.3) is 0 Å². The van der Waals surface area contributed by atoms with Gasteiger partial charge in [-0.15, -0.1) is 0 Å². The van der Waals surface area contributed by atoms with E-state index in [-0.39, 0.29) is 43.7 Å². The number of carbonyl (C=O) groups is 3. The van der Waals surface area contributed by atoms with E-state index in [2.05, 4.69) is 0 Å². The lowest BCUT2D eigenvalue weighted by molar-refractivity contribution is -0.161. The van der Waals surface area contributed by atoms with Crippen LogP contribution in [0.15, 0.2) is 0 Å². The van der Waals surface area contributed by atoms with Crippen molar-refractivity contribution in [3.8, 4) is 0 Å². The smallest absolute Gasteiger partial charge is 0.315 e. The Kier molecular flexibility index (Phi) is 16.9. The van der Waals surface area contributed by atoms with E-state index in [1.807, 2.05) is 6.92 Å². The van der Waals surface area contributed by atoms with Gasteiger partial charge in [-0.2, -0.15) is 35.3 Å². The number of hydrogen-bond acceptors (Lipinski definition) is 11. The first-order valence-corrected chi connectivity index (χ1v) is 12.5. The lowest BCUT2D eigenvalue weighted by Crippen LogP contribution is -2.43. The highest BCUT2D eigenvalue weighted by atomic mass is 32.2. The second-order valence-electron chi connectivity index (χ2n) is 5.84. The fourth-order valence-corrected chi connectivity index (χ4v) is 3.21. The molecule has 2 N–H and O–H groups in total. The molecule has 0 fully saturated rings. The Bertz CT molecular complexity index is 464. The summed E-state index contributed by atoms with van der Waals surface area (Å²) >= 11 is 4.02. The first kappa shape index (κ1) is 27.4. The van der Waals surface area contributed by atoms with Crippen LogP contribution in [0.2, 0.25) is 0 Å². The highest BCUT2D eigenvalue weighted by Gasteiger charge is 2.35. The molecule has 1 atom stereocenters. The van der Waals surface area contributed by atoms with Crippen LogP contribution in [0, 0.1) is 5.41 Å². The molecule has 0 aliphatic heterocycles.